The van der Waals surface area contributed by atoms with Crippen molar-refractivity contribution in [2.75, 3.05) is 33.2 Å². The number of likely N-dealkylation sites (tertiary alicyclic amines) is 1. The Balaban J connectivity index is 0.00000272. The van der Waals surface area contributed by atoms with Crippen molar-refractivity contribution >= 4 is 35.8 Å². The fourth-order valence-corrected chi connectivity index (χ4v) is 5.38. The van der Waals surface area contributed by atoms with E-state index >= 15 is 0 Å². The van der Waals surface area contributed by atoms with Crippen LogP contribution < -0.4 is 5.32 Å². The van der Waals surface area contributed by atoms with Crippen LogP contribution in [0.25, 0.3) is 0 Å². The van der Waals surface area contributed by atoms with Crippen LogP contribution in [0, 0.1) is 11.8 Å². The molecule has 0 aromatic heterocycles. The van der Waals surface area contributed by atoms with Gasteiger partial charge in [0, 0.05) is 45.3 Å². The Hall–Kier alpha value is -1.35. The van der Waals surface area contributed by atoms with E-state index in [4.69, 9.17) is 4.74 Å². The predicted molar refractivity (Wildman–Crippen MR) is 135 cm³/mol. The Kier molecular flexibility index (Phi) is 8.61. The van der Waals surface area contributed by atoms with Crippen LogP contribution in [0.3, 0.4) is 0 Å². The zero-order valence-electron chi connectivity index (χ0n) is 19.0. The average Bonchev–Trinajstić information content (AvgIpc) is 3.17. The van der Waals surface area contributed by atoms with Gasteiger partial charge in [-0.3, -0.25) is 9.79 Å². The van der Waals surface area contributed by atoms with Gasteiger partial charge in [-0.1, -0.05) is 25.0 Å². The molecular weight excluding hydrogens is 503 g/mol. The number of guanidine groups is 1. The van der Waals surface area contributed by atoms with E-state index in [2.05, 4.69) is 15.2 Å². The second-order valence-corrected chi connectivity index (χ2v) is 9.27. The second kappa shape index (κ2) is 11.0. The molecule has 0 radical (unpaired) electrons. The lowest BCUT2D eigenvalue weighted by atomic mass is 9.82. The summed E-state index contributed by atoms with van der Waals surface area (Å²) in [6.07, 6.45) is 5.68. The molecule has 1 N–H and O–H groups in total. The molecule has 6 nitrogen and oxygen atoms in total. The highest BCUT2D eigenvalue weighted by molar-refractivity contribution is 14.0. The standard InChI is InChI=1S/C24H36N4O2.HI/c1-17-13-27(14-18(2)30-17)23(29)20-10-8-19(9-11-20)12-26-24(25-3)28-15-21-6-4-5-7-22(21)16-28;/h8-11,17-18,21-22H,4-7,12-16H2,1-3H3,(H,25,26);1H. The monoisotopic (exact) mass is 540 g/mol. The summed E-state index contributed by atoms with van der Waals surface area (Å²) in [6, 6.07) is 7.98. The zero-order valence-corrected chi connectivity index (χ0v) is 21.4. The molecule has 172 valence electrons. The zero-order chi connectivity index (χ0) is 21.1. The van der Waals surface area contributed by atoms with Gasteiger partial charge in [-0.2, -0.15) is 0 Å². The van der Waals surface area contributed by atoms with E-state index < -0.39 is 0 Å². The van der Waals surface area contributed by atoms with Crippen LogP contribution in [0.5, 0.6) is 0 Å². The third-order valence-corrected chi connectivity index (χ3v) is 6.85. The first-order valence-electron chi connectivity index (χ1n) is 11.5. The van der Waals surface area contributed by atoms with E-state index in [0.717, 1.165) is 48.6 Å². The van der Waals surface area contributed by atoms with E-state index in [-0.39, 0.29) is 42.1 Å². The fraction of sp³-hybridized carbons (Fsp3) is 0.667. The number of ether oxygens (including phenoxy) is 1. The van der Waals surface area contributed by atoms with E-state index in [0.29, 0.717) is 13.1 Å². The maximum absolute atomic E-state index is 12.8. The average molecular weight is 540 g/mol. The van der Waals surface area contributed by atoms with Gasteiger partial charge < -0.3 is 19.9 Å². The van der Waals surface area contributed by atoms with Crippen LogP contribution in [-0.2, 0) is 11.3 Å². The molecule has 7 heteroatoms. The van der Waals surface area contributed by atoms with Gasteiger partial charge >= 0.3 is 0 Å². The molecule has 4 unspecified atom stereocenters. The Labute approximate surface area is 203 Å². The number of rotatable bonds is 3. The topological polar surface area (TPSA) is 57.2 Å². The van der Waals surface area contributed by atoms with Crippen LogP contribution >= 0.6 is 24.0 Å². The van der Waals surface area contributed by atoms with Crippen molar-refractivity contribution in [1.82, 2.24) is 15.1 Å². The molecule has 2 aliphatic heterocycles. The highest BCUT2D eigenvalue weighted by Crippen LogP contribution is 2.35. The van der Waals surface area contributed by atoms with Gasteiger partial charge in [-0.15, -0.1) is 24.0 Å². The number of aliphatic imine (C=N–C) groups is 1. The van der Waals surface area contributed by atoms with Crippen molar-refractivity contribution in [2.24, 2.45) is 16.8 Å². The minimum atomic E-state index is 0. The van der Waals surface area contributed by atoms with E-state index in [9.17, 15) is 4.79 Å². The molecule has 1 aromatic carbocycles. The van der Waals surface area contributed by atoms with Gasteiger partial charge in [-0.05, 0) is 56.2 Å². The number of hydrogen-bond acceptors (Lipinski definition) is 3. The van der Waals surface area contributed by atoms with E-state index in [1.54, 1.807) is 0 Å². The van der Waals surface area contributed by atoms with Crippen LogP contribution in [0.1, 0.15) is 55.5 Å². The summed E-state index contributed by atoms with van der Waals surface area (Å²) in [5.74, 6) is 2.77. The summed E-state index contributed by atoms with van der Waals surface area (Å²) >= 11 is 0. The maximum atomic E-state index is 12.8. The summed E-state index contributed by atoms with van der Waals surface area (Å²) in [5.41, 5.74) is 1.90. The molecular formula is C24H37IN4O2. The number of nitrogens with zero attached hydrogens (tertiary/aromatic N) is 3. The molecule has 4 rings (SSSR count). The van der Waals surface area contributed by atoms with Crippen molar-refractivity contribution in [2.45, 2.75) is 58.3 Å². The summed E-state index contributed by atoms with van der Waals surface area (Å²) in [5, 5.41) is 3.53. The maximum Gasteiger partial charge on any atom is 0.254 e. The number of morpholine rings is 1. The van der Waals surface area contributed by atoms with Gasteiger partial charge in [-0.25, -0.2) is 0 Å². The van der Waals surface area contributed by atoms with Crippen LogP contribution in [0.2, 0.25) is 0 Å². The molecule has 2 saturated heterocycles. The van der Waals surface area contributed by atoms with Gasteiger partial charge in [0.25, 0.3) is 5.91 Å². The number of fused-ring (bicyclic) bond motifs is 1. The summed E-state index contributed by atoms with van der Waals surface area (Å²) in [4.78, 5) is 21.7. The third kappa shape index (κ3) is 5.92. The number of amides is 1. The molecule has 3 aliphatic rings. The van der Waals surface area contributed by atoms with Crippen molar-refractivity contribution in [3.05, 3.63) is 35.4 Å². The highest BCUT2D eigenvalue weighted by atomic mass is 127. The molecule has 3 fully saturated rings. The Bertz CT molecular complexity index is 745. The summed E-state index contributed by atoms with van der Waals surface area (Å²) in [6.45, 7) is 8.34. The van der Waals surface area contributed by atoms with Crippen LogP contribution in [0.15, 0.2) is 29.3 Å². The molecule has 2 heterocycles. The quantitative estimate of drug-likeness (QED) is 0.361. The number of hydrogen-bond donors (Lipinski definition) is 1. The SMILES string of the molecule is CN=C(NCc1ccc(C(=O)N2CC(C)OC(C)C2)cc1)N1CC2CCCCC2C1.I. The first-order valence-corrected chi connectivity index (χ1v) is 11.5. The lowest BCUT2D eigenvalue weighted by Gasteiger charge is -2.35. The number of halogens is 1. The Morgan fingerprint density at radius 2 is 1.58 bits per heavy atom. The number of benzene rings is 1. The molecule has 0 bridgehead atoms. The minimum Gasteiger partial charge on any atom is -0.372 e. The molecule has 1 aliphatic carbocycles. The molecule has 1 amide bonds. The van der Waals surface area contributed by atoms with Gasteiger partial charge in [0.2, 0.25) is 0 Å². The van der Waals surface area contributed by atoms with Gasteiger partial charge in [0.1, 0.15) is 0 Å². The predicted octanol–water partition coefficient (Wildman–Crippen LogP) is 3.75. The molecule has 4 atom stereocenters. The van der Waals surface area contributed by atoms with E-state index in [1.807, 2.05) is 50.1 Å². The minimum absolute atomic E-state index is 0. The van der Waals surface area contributed by atoms with Gasteiger partial charge in [0.15, 0.2) is 5.96 Å². The number of nitrogens with one attached hydrogen (secondary N) is 1. The first kappa shape index (κ1) is 24.3. The lowest BCUT2D eigenvalue weighted by molar-refractivity contribution is -0.0586. The lowest BCUT2D eigenvalue weighted by Crippen LogP contribution is -2.48. The van der Waals surface area contributed by atoms with Crippen LogP contribution in [-0.4, -0.2) is 67.1 Å². The summed E-state index contributed by atoms with van der Waals surface area (Å²) in [7, 11) is 1.87. The third-order valence-electron chi connectivity index (χ3n) is 6.85. The largest absolute Gasteiger partial charge is 0.372 e. The smallest absolute Gasteiger partial charge is 0.254 e. The molecule has 0 spiro atoms. The molecule has 31 heavy (non-hydrogen) atoms. The normalized spacial score (nSPS) is 28.7. The second-order valence-electron chi connectivity index (χ2n) is 9.27. The van der Waals surface area contributed by atoms with Gasteiger partial charge in [0.05, 0.1) is 12.2 Å². The van der Waals surface area contributed by atoms with Crippen molar-refractivity contribution < 1.29 is 9.53 Å². The van der Waals surface area contributed by atoms with Crippen molar-refractivity contribution in [1.29, 1.82) is 0 Å². The highest BCUT2D eigenvalue weighted by Gasteiger charge is 2.35. The Morgan fingerprint density at radius 3 is 2.13 bits per heavy atom. The number of carbonyl (C=O) groups is 1. The van der Waals surface area contributed by atoms with Crippen LogP contribution in [0.4, 0.5) is 0 Å². The summed E-state index contributed by atoms with van der Waals surface area (Å²) < 4.78 is 5.74. The fourth-order valence-electron chi connectivity index (χ4n) is 5.38. The van der Waals surface area contributed by atoms with Crippen molar-refractivity contribution in [3.8, 4) is 0 Å². The molecule has 1 saturated carbocycles. The van der Waals surface area contributed by atoms with E-state index in [1.165, 1.54) is 25.7 Å². The molecule has 1 aromatic rings. The number of carbonyl (C=O) groups excluding carboxylic acids is 1. The first-order chi connectivity index (χ1) is 14.5. The Morgan fingerprint density at radius 1 is 1.00 bits per heavy atom. The van der Waals surface area contributed by atoms with Crippen molar-refractivity contribution in [3.63, 3.8) is 0 Å².